The molecule has 2 aromatic rings. The number of para-hydroxylation sites is 1. The third-order valence-corrected chi connectivity index (χ3v) is 6.04. The number of morpholine rings is 1. The molecule has 1 unspecified atom stereocenters. The first-order valence-corrected chi connectivity index (χ1v) is 11.3. The van der Waals surface area contributed by atoms with E-state index in [4.69, 9.17) is 9.47 Å². The molecule has 174 valence electrons. The molecule has 0 saturated carbocycles. The summed E-state index contributed by atoms with van der Waals surface area (Å²) < 4.78 is 11.5. The highest BCUT2D eigenvalue weighted by Crippen LogP contribution is 2.22. The largest absolute Gasteiger partial charge is 0.378 e. The second-order valence-corrected chi connectivity index (χ2v) is 8.23. The monoisotopic (exact) mass is 550 g/mol. The van der Waals surface area contributed by atoms with E-state index in [1.807, 2.05) is 13.1 Å². The number of aliphatic imine (C=N–C) groups is 1. The van der Waals surface area contributed by atoms with Crippen molar-refractivity contribution in [1.29, 1.82) is 0 Å². The average molecular weight is 550 g/mol. The minimum absolute atomic E-state index is 0. The van der Waals surface area contributed by atoms with Gasteiger partial charge in [0.15, 0.2) is 5.96 Å². The van der Waals surface area contributed by atoms with Gasteiger partial charge in [0.25, 0.3) is 0 Å². The molecule has 0 amide bonds. The Morgan fingerprint density at radius 3 is 2.59 bits per heavy atom. The zero-order chi connectivity index (χ0) is 21.3. The van der Waals surface area contributed by atoms with Crippen LogP contribution in [0, 0.1) is 5.92 Å². The van der Waals surface area contributed by atoms with Gasteiger partial charge in [0.05, 0.1) is 26.4 Å². The van der Waals surface area contributed by atoms with Gasteiger partial charge in [-0.1, -0.05) is 48.5 Å². The highest BCUT2D eigenvalue weighted by Gasteiger charge is 2.25. The van der Waals surface area contributed by atoms with E-state index in [0.29, 0.717) is 12.5 Å². The molecule has 2 aliphatic heterocycles. The lowest BCUT2D eigenvalue weighted by molar-refractivity contribution is 0.0906. The minimum atomic E-state index is 0. The Hall–Kier alpha value is -1.84. The summed E-state index contributed by atoms with van der Waals surface area (Å²) in [6.07, 6.45) is 1.14. The van der Waals surface area contributed by atoms with Crippen LogP contribution in [0.5, 0.6) is 0 Å². The lowest BCUT2D eigenvalue weighted by Crippen LogP contribution is -2.40. The van der Waals surface area contributed by atoms with Gasteiger partial charge < -0.3 is 24.6 Å². The van der Waals surface area contributed by atoms with Crippen molar-refractivity contribution >= 4 is 35.6 Å². The Morgan fingerprint density at radius 2 is 1.81 bits per heavy atom. The number of halogens is 1. The highest BCUT2D eigenvalue weighted by atomic mass is 127. The highest BCUT2D eigenvalue weighted by molar-refractivity contribution is 14.0. The van der Waals surface area contributed by atoms with Crippen LogP contribution in [0.1, 0.15) is 17.5 Å². The lowest BCUT2D eigenvalue weighted by atomic mass is 10.1. The maximum atomic E-state index is 5.97. The predicted octanol–water partition coefficient (Wildman–Crippen LogP) is 3.76. The van der Waals surface area contributed by atoms with E-state index >= 15 is 0 Å². The molecule has 2 heterocycles. The molecular formula is C25H35IN4O2. The summed E-state index contributed by atoms with van der Waals surface area (Å²) >= 11 is 0. The number of nitrogens with one attached hydrogen (secondary N) is 1. The van der Waals surface area contributed by atoms with Crippen LogP contribution in [0.2, 0.25) is 0 Å². The number of hydrogen-bond acceptors (Lipinski definition) is 4. The van der Waals surface area contributed by atoms with E-state index in [9.17, 15) is 0 Å². The van der Waals surface area contributed by atoms with Gasteiger partial charge in [-0.25, -0.2) is 0 Å². The van der Waals surface area contributed by atoms with Crippen LogP contribution < -0.4 is 10.2 Å². The van der Waals surface area contributed by atoms with Gasteiger partial charge in [-0.15, -0.1) is 24.0 Å². The number of likely N-dealkylation sites (tertiary alicyclic amines) is 1. The molecule has 0 bridgehead atoms. The van der Waals surface area contributed by atoms with Crippen molar-refractivity contribution in [3.63, 3.8) is 0 Å². The number of nitrogens with zero attached hydrogens (tertiary/aromatic N) is 3. The van der Waals surface area contributed by atoms with Crippen LogP contribution >= 0.6 is 24.0 Å². The van der Waals surface area contributed by atoms with Crippen molar-refractivity contribution in [3.05, 3.63) is 65.7 Å². The Bertz CT molecular complexity index is 843. The van der Waals surface area contributed by atoms with Gasteiger partial charge in [-0.3, -0.25) is 4.99 Å². The summed E-state index contributed by atoms with van der Waals surface area (Å²) in [5, 5.41) is 3.59. The molecule has 7 heteroatoms. The Morgan fingerprint density at radius 1 is 1.06 bits per heavy atom. The van der Waals surface area contributed by atoms with E-state index in [-0.39, 0.29) is 24.0 Å². The molecule has 0 aliphatic carbocycles. The van der Waals surface area contributed by atoms with Crippen LogP contribution in [0.25, 0.3) is 0 Å². The normalized spacial score (nSPS) is 19.0. The fraction of sp³-hybridized carbons (Fsp3) is 0.480. The Labute approximate surface area is 209 Å². The van der Waals surface area contributed by atoms with Gasteiger partial charge in [0.1, 0.15) is 0 Å². The quantitative estimate of drug-likeness (QED) is 0.324. The second-order valence-electron chi connectivity index (χ2n) is 8.23. The first-order valence-electron chi connectivity index (χ1n) is 11.3. The maximum absolute atomic E-state index is 5.97. The Balaban J connectivity index is 0.00000289. The van der Waals surface area contributed by atoms with Gasteiger partial charge in [0.2, 0.25) is 0 Å². The third-order valence-electron chi connectivity index (χ3n) is 6.04. The first-order chi connectivity index (χ1) is 15.3. The van der Waals surface area contributed by atoms with Crippen LogP contribution in [-0.4, -0.2) is 63.9 Å². The van der Waals surface area contributed by atoms with Crippen LogP contribution in [0.3, 0.4) is 0 Å². The van der Waals surface area contributed by atoms with Crippen molar-refractivity contribution in [3.8, 4) is 0 Å². The van der Waals surface area contributed by atoms with Gasteiger partial charge >= 0.3 is 0 Å². The number of hydrogen-bond donors (Lipinski definition) is 1. The van der Waals surface area contributed by atoms with E-state index < -0.39 is 0 Å². The molecular weight excluding hydrogens is 515 g/mol. The van der Waals surface area contributed by atoms with Crippen LogP contribution in [0.4, 0.5) is 5.69 Å². The van der Waals surface area contributed by atoms with Gasteiger partial charge in [0, 0.05) is 51.4 Å². The summed E-state index contributed by atoms with van der Waals surface area (Å²) in [4.78, 5) is 9.32. The van der Waals surface area contributed by atoms with Gasteiger partial charge in [-0.2, -0.15) is 0 Å². The lowest BCUT2D eigenvalue weighted by Gasteiger charge is -2.31. The smallest absolute Gasteiger partial charge is 0.193 e. The summed E-state index contributed by atoms with van der Waals surface area (Å²) in [5.74, 6) is 1.52. The molecule has 0 radical (unpaired) electrons. The summed E-state index contributed by atoms with van der Waals surface area (Å²) in [6, 6.07) is 19.0. The van der Waals surface area contributed by atoms with Crippen molar-refractivity contribution in [2.75, 3.05) is 57.9 Å². The number of ether oxygens (including phenoxy) is 2. The average Bonchev–Trinajstić information content (AvgIpc) is 3.30. The number of guanidine groups is 1. The summed E-state index contributed by atoms with van der Waals surface area (Å²) in [7, 11) is 1.87. The van der Waals surface area contributed by atoms with Crippen molar-refractivity contribution < 1.29 is 9.47 Å². The molecule has 1 atom stereocenters. The third kappa shape index (κ3) is 6.83. The fourth-order valence-corrected chi connectivity index (χ4v) is 4.36. The molecule has 6 nitrogen and oxygen atoms in total. The molecule has 2 saturated heterocycles. The maximum Gasteiger partial charge on any atom is 0.193 e. The van der Waals surface area contributed by atoms with Crippen molar-refractivity contribution in [2.24, 2.45) is 10.9 Å². The molecule has 2 aromatic carbocycles. The molecule has 0 spiro atoms. The fourth-order valence-electron chi connectivity index (χ4n) is 4.36. The molecule has 1 N–H and O–H groups in total. The summed E-state index contributed by atoms with van der Waals surface area (Å²) in [5.41, 5.74) is 3.82. The van der Waals surface area contributed by atoms with E-state index in [2.05, 4.69) is 68.6 Å². The molecule has 2 aliphatic rings. The predicted molar refractivity (Wildman–Crippen MR) is 141 cm³/mol. The SMILES string of the molecule is CN=C(NCc1ccccc1N1CCOCC1)N1CCC(COCc2ccccc2)C1.I. The zero-order valence-electron chi connectivity index (χ0n) is 18.9. The van der Waals surface area contributed by atoms with Crippen molar-refractivity contribution in [1.82, 2.24) is 10.2 Å². The number of anilines is 1. The standard InChI is InChI=1S/C25H34N4O2.HI/c1-26-25(27-17-23-9-5-6-10-24(23)28-13-15-30-16-14-28)29-12-11-22(18-29)20-31-19-21-7-3-2-4-8-21;/h2-10,22H,11-20H2,1H3,(H,26,27);1H. The minimum Gasteiger partial charge on any atom is -0.378 e. The first kappa shape index (κ1) is 24.8. The molecule has 4 rings (SSSR count). The summed E-state index contributed by atoms with van der Waals surface area (Å²) in [6.45, 7) is 7.74. The van der Waals surface area contributed by atoms with Crippen molar-refractivity contribution in [2.45, 2.75) is 19.6 Å². The van der Waals surface area contributed by atoms with E-state index in [1.165, 1.54) is 16.8 Å². The molecule has 2 fully saturated rings. The van der Waals surface area contributed by atoms with Crippen LogP contribution in [0.15, 0.2) is 59.6 Å². The van der Waals surface area contributed by atoms with E-state index in [1.54, 1.807) is 0 Å². The second kappa shape index (κ2) is 13.0. The Kier molecular flexibility index (Phi) is 10.1. The number of rotatable bonds is 7. The topological polar surface area (TPSA) is 49.3 Å². The number of benzene rings is 2. The molecule has 0 aromatic heterocycles. The molecule has 32 heavy (non-hydrogen) atoms. The zero-order valence-corrected chi connectivity index (χ0v) is 21.2. The van der Waals surface area contributed by atoms with E-state index in [0.717, 1.165) is 64.9 Å². The van der Waals surface area contributed by atoms with Crippen LogP contribution in [-0.2, 0) is 22.6 Å². The van der Waals surface area contributed by atoms with Gasteiger partial charge in [-0.05, 0) is 23.6 Å².